The average molecular weight is 370 g/mol. The number of ether oxygens (including phenoxy) is 1. The maximum absolute atomic E-state index is 12.5. The van der Waals surface area contributed by atoms with E-state index in [1.54, 1.807) is 0 Å². The molecule has 0 N–H and O–H groups in total. The molecule has 3 saturated heterocycles. The zero-order valence-electron chi connectivity index (χ0n) is 15.6. The predicted molar refractivity (Wildman–Crippen MR) is 99.8 cm³/mol. The predicted octanol–water partition coefficient (Wildman–Crippen LogP) is 1.61. The number of likely N-dealkylation sites (tertiary alicyclic amines) is 1. The van der Waals surface area contributed by atoms with Crippen molar-refractivity contribution in [1.82, 2.24) is 24.7 Å². The summed E-state index contributed by atoms with van der Waals surface area (Å²) in [5.74, 6) is 2.45. The second-order valence-corrected chi connectivity index (χ2v) is 7.85. The van der Waals surface area contributed by atoms with E-state index in [-0.39, 0.29) is 12.0 Å². The van der Waals surface area contributed by atoms with Gasteiger partial charge in [0.25, 0.3) is 0 Å². The lowest BCUT2D eigenvalue weighted by Crippen LogP contribution is -2.39. The summed E-state index contributed by atoms with van der Waals surface area (Å²) in [6, 6.07) is 4.02. The van der Waals surface area contributed by atoms with Crippen molar-refractivity contribution < 1.29 is 9.53 Å². The SMILES string of the molecule is O=C(CC1CCCO1)N1CCC(c2nnc3ccc(N4CCC4)nn23)CC1. The number of amides is 1. The number of hydrogen-bond acceptors (Lipinski definition) is 6. The van der Waals surface area contributed by atoms with Crippen LogP contribution in [0.25, 0.3) is 5.65 Å². The number of aromatic nitrogens is 4. The minimum Gasteiger partial charge on any atom is -0.378 e. The third kappa shape index (κ3) is 3.26. The van der Waals surface area contributed by atoms with Crippen LogP contribution in [-0.4, -0.2) is 69.5 Å². The number of carbonyl (C=O) groups excluding carboxylic acids is 1. The number of fused-ring (bicyclic) bond motifs is 1. The molecule has 2 aromatic rings. The van der Waals surface area contributed by atoms with Crippen molar-refractivity contribution in [3.05, 3.63) is 18.0 Å². The van der Waals surface area contributed by atoms with Gasteiger partial charge in [0.15, 0.2) is 11.5 Å². The second kappa shape index (κ2) is 7.07. The van der Waals surface area contributed by atoms with Crippen LogP contribution in [0, 0.1) is 0 Å². The molecular formula is C19H26N6O2. The van der Waals surface area contributed by atoms with Crippen LogP contribution in [-0.2, 0) is 9.53 Å². The van der Waals surface area contributed by atoms with Crippen LogP contribution < -0.4 is 4.90 Å². The van der Waals surface area contributed by atoms with Crippen LogP contribution in [0.1, 0.15) is 50.3 Å². The van der Waals surface area contributed by atoms with E-state index in [9.17, 15) is 4.79 Å². The Morgan fingerprint density at radius 1 is 1.07 bits per heavy atom. The lowest BCUT2D eigenvalue weighted by atomic mass is 9.95. The van der Waals surface area contributed by atoms with Crippen molar-refractivity contribution in [3.8, 4) is 0 Å². The van der Waals surface area contributed by atoms with Gasteiger partial charge in [-0.1, -0.05) is 0 Å². The maximum Gasteiger partial charge on any atom is 0.225 e. The van der Waals surface area contributed by atoms with Gasteiger partial charge in [-0.15, -0.1) is 15.3 Å². The molecule has 1 amide bonds. The zero-order valence-corrected chi connectivity index (χ0v) is 15.6. The second-order valence-electron chi connectivity index (χ2n) is 7.85. The highest BCUT2D eigenvalue weighted by Crippen LogP contribution is 2.28. The molecule has 5 rings (SSSR count). The molecule has 27 heavy (non-hydrogen) atoms. The molecule has 5 heterocycles. The van der Waals surface area contributed by atoms with Crippen molar-refractivity contribution in [2.24, 2.45) is 0 Å². The Bertz CT molecular complexity index is 819. The molecule has 0 aromatic carbocycles. The number of piperidine rings is 1. The van der Waals surface area contributed by atoms with Crippen LogP contribution in [0.4, 0.5) is 5.82 Å². The Balaban J connectivity index is 1.25. The number of anilines is 1. The number of rotatable bonds is 4. The lowest BCUT2D eigenvalue weighted by molar-refractivity contribution is -0.134. The van der Waals surface area contributed by atoms with E-state index in [0.29, 0.717) is 12.3 Å². The van der Waals surface area contributed by atoms with Crippen LogP contribution in [0.2, 0.25) is 0 Å². The van der Waals surface area contributed by atoms with Gasteiger partial charge in [-0.25, -0.2) is 0 Å². The minimum absolute atomic E-state index is 0.125. The quantitative estimate of drug-likeness (QED) is 0.814. The monoisotopic (exact) mass is 370 g/mol. The molecule has 3 aliphatic heterocycles. The van der Waals surface area contributed by atoms with Crippen molar-refractivity contribution >= 4 is 17.4 Å². The smallest absolute Gasteiger partial charge is 0.225 e. The number of nitrogens with zero attached hydrogens (tertiary/aromatic N) is 6. The summed E-state index contributed by atoms with van der Waals surface area (Å²) in [4.78, 5) is 16.8. The van der Waals surface area contributed by atoms with E-state index in [0.717, 1.165) is 75.8 Å². The first-order valence-corrected chi connectivity index (χ1v) is 10.1. The first kappa shape index (κ1) is 16.9. The molecule has 144 valence electrons. The summed E-state index contributed by atoms with van der Waals surface area (Å²) >= 11 is 0. The molecule has 0 radical (unpaired) electrons. The normalized spacial score (nSPS) is 23.8. The molecule has 3 aliphatic rings. The molecule has 0 bridgehead atoms. The Morgan fingerprint density at radius 2 is 1.93 bits per heavy atom. The average Bonchev–Trinajstić information content (AvgIpc) is 3.30. The first-order valence-electron chi connectivity index (χ1n) is 10.1. The zero-order chi connectivity index (χ0) is 18.2. The summed E-state index contributed by atoms with van der Waals surface area (Å²) in [5, 5.41) is 13.5. The highest BCUT2D eigenvalue weighted by atomic mass is 16.5. The third-order valence-electron chi connectivity index (χ3n) is 6.09. The van der Waals surface area contributed by atoms with Crippen molar-refractivity contribution in [2.75, 3.05) is 37.7 Å². The van der Waals surface area contributed by atoms with E-state index in [1.165, 1.54) is 6.42 Å². The standard InChI is InChI=1S/C19H26N6O2/c26-18(13-15-3-1-12-27-15)24-10-6-14(7-11-24)19-21-20-16-4-5-17(22-25(16)19)23-8-2-9-23/h4-5,14-15H,1-3,6-13H2. The van der Waals surface area contributed by atoms with Gasteiger partial charge in [0.05, 0.1) is 12.5 Å². The summed E-state index contributed by atoms with van der Waals surface area (Å²) in [6.45, 7) is 4.49. The Kier molecular flexibility index (Phi) is 4.43. The molecule has 0 saturated carbocycles. The van der Waals surface area contributed by atoms with Gasteiger partial charge >= 0.3 is 0 Å². The Labute approximate surface area is 158 Å². The highest BCUT2D eigenvalue weighted by molar-refractivity contribution is 5.76. The fourth-order valence-electron chi connectivity index (χ4n) is 4.28. The van der Waals surface area contributed by atoms with Gasteiger partial charge in [0.2, 0.25) is 5.91 Å². The highest BCUT2D eigenvalue weighted by Gasteiger charge is 2.29. The van der Waals surface area contributed by atoms with Gasteiger partial charge in [-0.05, 0) is 44.2 Å². The topological polar surface area (TPSA) is 75.9 Å². The Morgan fingerprint density at radius 3 is 2.63 bits per heavy atom. The van der Waals surface area contributed by atoms with Crippen molar-refractivity contribution in [3.63, 3.8) is 0 Å². The fraction of sp³-hybridized carbons (Fsp3) is 0.684. The molecule has 0 aliphatic carbocycles. The van der Waals surface area contributed by atoms with Gasteiger partial charge in [0.1, 0.15) is 5.82 Å². The summed E-state index contributed by atoms with van der Waals surface area (Å²) in [5.41, 5.74) is 0.797. The van der Waals surface area contributed by atoms with E-state index >= 15 is 0 Å². The van der Waals surface area contributed by atoms with Crippen LogP contribution in [0.3, 0.4) is 0 Å². The van der Waals surface area contributed by atoms with Gasteiger partial charge in [-0.3, -0.25) is 4.79 Å². The molecule has 0 spiro atoms. The van der Waals surface area contributed by atoms with E-state index < -0.39 is 0 Å². The third-order valence-corrected chi connectivity index (χ3v) is 6.09. The maximum atomic E-state index is 12.5. The van der Waals surface area contributed by atoms with Crippen LogP contribution >= 0.6 is 0 Å². The lowest BCUT2D eigenvalue weighted by Gasteiger charge is -2.32. The number of hydrogen-bond donors (Lipinski definition) is 0. The molecule has 1 unspecified atom stereocenters. The van der Waals surface area contributed by atoms with Gasteiger partial charge in [-0.2, -0.15) is 4.52 Å². The van der Waals surface area contributed by atoms with Crippen LogP contribution in [0.15, 0.2) is 12.1 Å². The largest absolute Gasteiger partial charge is 0.378 e. The summed E-state index contributed by atoms with van der Waals surface area (Å²) < 4.78 is 7.51. The van der Waals surface area contributed by atoms with Gasteiger partial charge in [0, 0.05) is 38.7 Å². The molecule has 1 atom stereocenters. The van der Waals surface area contributed by atoms with E-state index in [1.807, 2.05) is 21.5 Å². The van der Waals surface area contributed by atoms with E-state index in [4.69, 9.17) is 9.84 Å². The molecule has 3 fully saturated rings. The van der Waals surface area contributed by atoms with E-state index in [2.05, 4.69) is 15.1 Å². The first-order chi connectivity index (χ1) is 13.3. The van der Waals surface area contributed by atoms with Crippen LogP contribution in [0.5, 0.6) is 0 Å². The van der Waals surface area contributed by atoms with Gasteiger partial charge < -0.3 is 14.5 Å². The Hall–Kier alpha value is -2.22. The van der Waals surface area contributed by atoms with Crippen molar-refractivity contribution in [2.45, 2.75) is 50.5 Å². The summed E-state index contributed by atoms with van der Waals surface area (Å²) in [6.07, 6.45) is 5.79. The minimum atomic E-state index is 0.125. The summed E-state index contributed by atoms with van der Waals surface area (Å²) in [7, 11) is 0. The van der Waals surface area contributed by atoms with Crippen molar-refractivity contribution in [1.29, 1.82) is 0 Å². The molecule has 2 aromatic heterocycles. The molecule has 8 nitrogen and oxygen atoms in total. The molecule has 8 heteroatoms. The fourth-order valence-corrected chi connectivity index (χ4v) is 4.28. The molecular weight excluding hydrogens is 344 g/mol. The number of carbonyl (C=O) groups is 1.